The van der Waals surface area contributed by atoms with Crippen LogP contribution in [-0.4, -0.2) is 79.9 Å². The van der Waals surface area contributed by atoms with E-state index < -0.39 is 48.1 Å². The van der Waals surface area contributed by atoms with Crippen molar-refractivity contribution in [1.29, 1.82) is 0 Å². The summed E-state index contributed by atoms with van der Waals surface area (Å²) in [7, 11) is 0.122. The first kappa shape index (κ1) is 70.3. The first-order valence-electron chi connectivity index (χ1n) is 24.3. The number of aromatic hydroxyl groups is 1. The van der Waals surface area contributed by atoms with Gasteiger partial charge in [-0.25, -0.2) is 9.59 Å². The highest BCUT2D eigenvalue weighted by Gasteiger charge is 2.40. The number of halogens is 2. The van der Waals surface area contributed by atoms with Gasteiger partial charge in [-0.15, -0.1) is 23.2 Å². The van der Waals surface area contributed by atoms with Gasteiger partial charge < -0.3 is 54.0 Å². The maximum absolute atomic E-state index is 11.8. The lowest BCUT2D eigenvalue weighted by Gasteiger charge is -2.36. The number of benzene rings is 3. The Morgan fingerprint density at radius 2 is 0.806 bits per heavy atom. The molecule has 3 aromatic carbocycles. The van der Waals surface area contributed by atoms with Gasteiger partial charge in [-0.3, -0.25) is 0 Å². The number of carbonyl (C=O) groups is 2. The molecular weight excluding hydrogens is 1010 g/mol. The first-order valence-corrected chi connectivity index (χ1v) is 34.7. The molecule has 18 heteroatoms. The van der Waals surface area contributed by atoms with Gasteiger partial charge in [0.05, 0.1) is 26.7 Å². The van der Waals surface area contributed by atoms with E-state index in [0.717, 1.165) is 33.9 Å². The number of alkyl halides is 2. The molecule has 0 saturated heterocycles. The van der Waals surface area contributed by atoms with Crippen LogP contribution in [0.2, 0.25) is 60.9 Å². The molecule has 0 aliphatic heterocycles. The average Bonchev–Trinajstić information content (AvgIpc) is 3.21. The lowest BCUT2D eigenvalue weighted by molar-refractivity contribution is 0.0512. The summed E-state index contributed by atoms with van der Waals surface area (Å²) < 4.78 is 38.8. The molecule has 13 nitrogen and oxygen atoms in total. The van der Waals surface area contributed by atoms with E-state index in [9.17, 15) is 14.7 Å². The van der Waals surface area contributed by atoms with Crippen molar-refractivity contribution in [2.45, 2.75) is 196 Å². The number of phenols is 1. The summed E-state index contributed by atoms with van der Waals surface area (Å²) in [6.07, 6.45) is -0.914. The van der Waals surface area contributed by atoms with Gasteiger partial charge in [0.1, 0.15) is 22.7 Å². The second-order valence-electron chi connectivity index (χ2n) is 24.2. The third-order valence-electron chi connectivity index (χ3n) is 12.2. The van der Waals surface area contributed by atoms with Crippen molar-refractivity contribution in [2.75, 3.05) is 26.7 Å². The number of methoxy groups -OCH3 is 3. The molecule has 0 unspecified atom stereocenters. The molecule has 0 aliphatic carbocycles. The van der Waals surface area contributed by atoms with Crippen LogP contribution in [0.5, 0.6) is 34.5 Å². The van der Waals surface area contributed by atoms with Crippen LogP contribution in [0, 0.1) is 0 Å². The summed E-state index contributed by atoms with van der Waals surface area (Å²) in [6, 6.07) is 16.5. The fraction of sp³-hybridized carbons (Fsp3) is 0.630. The predicted molar refractivity (Wildman–Crippen MR) is 310 cm³/mol. The standard InChI is InChI=1S/C19H33NO4Si.C14H25NO2Si.C13H19NO4.C7H18Si.CH2Cl2/c1-18(2,3)23-17(21)20-13-14-10-11-15(16(12-14)22-7)24-25(8,9)19(4,5)6;1-14(2,3)18(5,6)17-12-8-7-11(10-15)9-13(12)16-4;1-13(2,3)18-12(16)14-8-9-5-6-10(15)11(7-9)17-4;1-7(2,3)8(4,5)6;2-1-3/h10-12H,13H2,1-9H3,(H,20,21);7-9H,10,15H2,1-6H3;5-7,15H,8H2,1-4H3,(H,14,16);1-6H3;1H2. The number of phenolic OH excluding ortho intramolecular Hbond substituents is 1. The summed E-state index contributed by atoms with van der Waals surface area (Å²) >= 11 is 9.53. The number of amides is 2. The zero-order valence-electron chi connectivity index (χ0n) is 49.0. The SMILES string of the molecule is CC(C)(C)[Si](C)(C)C.COc1cc(CN)ccc1O[Si](C)(C)C(C)(C)C.COc1cc(CNC(=O)OC(C)(C)C)ccc1O.COc1cc(CNC(=O)OC(C)(C)C)ccc1O[Si](C)(C)C(C)(C)C.ClCCl. The molecule has 3 aromatic rings. The van der Waals surface area contributed by atoms with E-state index >= 15 is 0 Å². The van der Waals surface area contributed by atoms with Crippen LogP contribution in [0.1, 0.15) is 121 Å². The van der Waals surface area contributed by atoms with Crippen molar-refractivity contribution in [3.63, 3.8) is 0 Å². The van der Waals surface area contributed by atoms with Crippen molar-refractivity contribution < 1.29 is 47.2 Å². The van der Waals surface area contributed by atoms with Crippen LogP contribution in [0.3, 0.4) is 0 Å². The fourth-order valence-electron chi connectivity index (χ4n) is 4.49. The van der Waals surface area contributed by atoms with E-state index in [1.54, 1.807) is 47.1 Å². The Bertz CT molecular complexity index is 2070. The first-order chi connectivity index (χ1) is 32.4. The lowest BCUT2D eigenvalue weighted by atomic mass is 10.2. The largest absolute Gasteiger partial charge is 0.541 e. The van der Waals surface area contributed by atoms with Crippen LogP contribution >= 0.6 is 23.2 Å². The molecule has 0 heterocycles. The summed E-state index contributed by atoms with van der Waals surface area (Å²) in [5.41, 5.74) is 7.39. The highest BCUT2D eigenvalue weighted by atomic mass is 35.5. The molecule has 5 N–H and O–H groups in total. The summed E-state index contributed by atoms with van der Waals surface area (Å²) in [4.78, 5) is 23.2. The molecule has 0 atom stereocenters. The van der Waals surface area contributed by atoms with Gasteiger partial charge >= 0.3 is 12.2 Å². The van der Waals surface area contributed by atoms with Crippen molar-refractivity contribution in [2.24, 2.45) is 5.73 Å². The van der Waals surface area contributed by atoms with Gasteiger partial charge in [-0.2, -0.15) is 0 Å². The number of alkyl carbamates (subject to hydrolysis) is 2. The highest BCUT2D eigenvalue weighted by molar-refractivity contribution is 6.78. The van der Waals surface area contributed by atoms with Gasteiger partial charge in [-0.05, 0) is 136 Å². The molecule has 0 spiro atoms. The van der Waals surface area contributed by atoms with Gasteiger partial charge in [0.15, 0.2) is 23.0 Å². The Labute approximate surface area is 449 Å². The van der Waals surface area contributed by atoms with Gasteiger partial charge in [0.2, 0.25) is 0 Å². The normalized spacial score (nSPS) is 12.0. The Kier molecular flexibility index (Phi) is 29.2. The molecular formula is C54H97Cl2N3O10Si3. The van der Waals surface area contributed by atoms with E-state index in [2.05, 4.69) is 119 Å². The van der Waals surface area contributed by atoms with Crippen LogP contribution < -0.4 is 39.4 Å². The quantitative estimate of drug-likeness (QED) is 0.101. The number of hydrogen-bond donors (Lipinski definition) is 4. The third-order valence-corrected chi connectivity index (χ3v) is 25.4. The lowest BCUT2D eigenvalue weighted by Crippen LogP contribution is -2.43. The number of carbonyl (C=O) groups excluding carboxylic acids is 2. The van der Waals surface area contributed by atoms with E-state index in [0.29, 0.717) is 36.2 Å². The van der Waals surface area contributed by atoms with E-state index in [-0.39, 0.29) is 21.2 Å². The van der Waals surface area contributed by atoms with Gasteiger partial charge in [0, 0.05) is 27.7 Å². The molecule has 0 bridgehead atoms. The van der Waals surface area contributed by atoms with Gasteiger partial charge in [-0.1, -0.05) is 100 Å². The van der Waals surface area contributed by atoms with Crippen molar-refractivity contribution in [3.8, 4) is 34.5 Å². The topological polar surface area (TPSA) is 169 Å². The molecule has 72 heavy (non-hydrogen) atoms. The second kappa shape index (κ2) is 29.9. The number of nitrogens with two attached hydrogens (primary N) is 1. The molecule has 0 aliphatic rings. The second-order valence-corrected chi connectivity index (χ2v) is 40.5. The molecule has 3 rings (SSSR count). The van der Waals surface area contributed by atoms with Crippen molar-refractivity contribution >= 4 is 60.1 Å². The third kappa shape index (κ3) is 28.0. The zero-order chi connectivity index (χ0) is 56.9. The molecule has 0 aromatic heterocycles. The highest BCUT2D eigenvalue weighted by Crippen LogP contribution is 2.42. The summed E-state index contributed by atoms with van der Waals surface area (Å²) in [5.74, 6) is 3.45. The Morgan fingerprint density at radius 1 is 0.514 bits per heavy atom. The molecule has 2 amide bonds. The minimum Gasteiger partial charge on any atom is -0.541 e. The smallest absolute Gasteiger partial charge is 0.407 e. The van der Waals surface area contributed by atoms with Gasteiger partial charge in [0.25, 0.3) is 16.6 Å². The van der Waals surface area contributed by atoms with Crippen molar-refractivity contribution in [1.82, 2.24) is 10.6 Å². The molecule has 0 saturated carbocycles. The predicted octanol–water partition coefficient (Wildman–Crippen LogP) is 15.6. The Balaban J connectivity index is 0. The minimum absolute atomic E-state index is 0.0681. The minimum atomic E-state index is -1.94. The van der Waals surface area contributed by atoms with Crippen molar-refractivity contribution in [3.05, 3.63) is 71.3 Å². The van der Waals surface area contributed by atoms with Crippen LogP contribution in [0.25, 0.3) is 0 Å². The Hall–Kier alpha value is -3.81. The summed E-state index contributed by atoms with van der Waals surface area (Å²) in [6.45, 7) is 48.4. The van der Waals surface area contributed by atoms with E-state index in [4.69, 9.17) is 61.5 Å². The maximum Gasteiger partial charge on any atom is 0.407 e. The summed E-state index contributed by atoms with van der Waals surface area (Å²) in [5, 5.41) is 15.9. The van der Waals surface area contributed by atoms with E-state index in [1.807, 2.05) is 57.2 Å². The van der Waals surface area contributed by atoms with Crippen LogP contribution in [-0.2, 0) is 29.1 Å². The maximum atomic E-state index is 11.8. The molecule has 0 radical (unpaired) electrons. The van der Waals surface area contributed by atoms with E-state index in [1.165, 1.54) is 13.2 Å². The number of ether oxygens (including phenoxy) is 5. The molecule has 0 fully saturated rings. The monoisotopic (exact) mass is 1100 g/mol. The fourth-order valence-corrected chi connectivity index (χ4v) is 6.54. The molecule has 414 valence electrons. The Morgan fingerprint density at radius 3 is 1.08 bits per heavy atom. The number of rotatable bonds is 12. The van der Waals surface area contributed by atoms with Crippen LogP contribution in [0.4, 0.5) is 9.59 Å². The number of nitrogens with one attached hydrogen (secondary N) is 2. The average molecular weight is 1100 g/mol. The number of hydrogen-bond acceptors (Lipinski definition) is 11. The zero-order valence-corrected chi connectivity index (χ0v) is 53.5. The van der Waals surface area contributed by atoms with Crippen LogP contribution in [0.15, 0.2) is 54.6 Å².